The molecule has 1 aliphatic rings. The van der Waals surface area contributed by atoms with Crippen LogP contribution in [0.1, 0.15) is 24.8 Å². The third-order valence-corrected chi connectivity index (χ3v) is 3.23. The molecule has 0 spiro atoms. The predicted octanol–water partition coefficient (Wildman–Crippen LogP) is 2.02. The van der Waals surface area contributed by atoms with E-state index in [1.807, 2.05) is 6.07 Å². The lowest BCUT2D eigenvalue weighted by molar-refractivity contribution is -0.385. The number of benzene rings is 1. The van der Waals surface area contributed by atoms with Gasteiger partial charge in [0.2, 0.25) is 0 Å². The van der Waals surface area contributed by atoms with E-state index >= 15 is 0 Å². The van der Waals surface area contributed by atoms with Gasteiger partial charge in [-0.25, -0.2) is 0 Å². The van der Waals surface area contributed by atoms with Crippen molar-refractivity contribution in [2.45, 2.75) is 25.3 Å². The maximum absolute atomic E-state index is 10.9. The van der Waals surface area contributed by atoms with Gasteiger partial charge in [-0.1, -0.05) is 6.42 Å². The van der Waals surface area contributed by atoms with Crippen LogP contribution in [0.3, 0.4) is 0 Å². The van der Waals surface area contributed by atoms with E-state index in [1.165, 1.54) is 12.1 Å². The average Bonchev–Trinajstić information content (AvgIpc) is 2.67. The fourth-order valence-corrected chi connectivity index (χ4v) is 2.25. The Balaban J connectivity index is 2.14. The highest BCUT2D eigenvalue weighted by Gasteiger charge is 2.16. The molecule has 100 valence electrons. The molecule has 1 aromatic carbocycles. The second kappa shape index (κ2) is 6.16. The predicted molar refractivity (Wildman–Crippen MR) is 71.9 cm³/mol. The molecule has 1 unspecified atom stereocenters. The van der Waals surface area contributed by atoms with Gasteiger partial charge in [0, 0.05) is 24.3 Å². The van der Waals surface area contributed by atoms with Gasteiger partial charge >= 0.3 is 0 Å². The maximum Gasteiger partial charge on any atom is 0.289 e. The Morgan fingerprint density at radius 3 is 3.05 bits per heavy atom. The molecule has 1 saturated heterocycles. The highest BCUT2D eigenvalue weighted by Crippen LogP contribution is 2.23. The number of hydrogen-bond donors (Lipinski definition) is 2. The Labute approximate surface area is 111 Å². The van der Waals surface area contributed by atoms with Crippen molar-refractivity contribution in [1.29, 1.82) is 5.26 Å². The van der Waals surface area contributed by atoms with Crippen LogP contribution in [0.25, 0.3) is 0 Å². The zero-order chi connectivity index (χ0) is 13.7. The number of nitrogens with one attached hydrogen (secondary N) is 2. The lowest BCUT2D eigenvalue weighted by Crippen LogP contribution is -2.30. The largest absolute Gasteiger partial charge is 0.381 e. The fraction of sp³-hybridized carbons (Fsp3) is 0.462. The summed E-state index contributed by atoms with van der Waals surface area (Å²) in [6.07, 6.45) is 3.34. The van der Waals surface area contributed by atoms with Crippen LogP contribution in [0.4, 0.5) is 11.4 Å². The van der Waals surface area contributed by atoms with E-state index in [9.17, 15) is 10.1 Å². The van der Waals surface area contributed by atoms with Gasteiger partial charge in [0.1, 0.15) is 11.6 Å². The van der Waals surface area contributed by atoms with Gasteiger partial charge in [0.25, 0.3) is 5.69 Å². The smallest absolute Gasteiger partial charge is 0.289 e. The van der Waals surface area contributed by atoms with Gasteiger partial charge in [-0.2, -0.15) is 5.26 Å². The first-order valence-electron chi connectivity index (χ1n) is 6.36. The molecule has 0 aromatic heterocycles. The molecule has 0 amide bonds. The molecule has 0 saturated carbocycles. The molecular weight excluding hydrogens is 244 g/mol. The van der Waals surface area contributed by atoms with Crippen LogP contribution in [-0.4, -0.2) is 24.1 Å². The van der Waals surface area contributed by atoms with Crippen molar-refractivity contribution in [2.24, 2.45) is 0 Å². The number of nitro benzene ring substituents is 1. The summed E-state index contributed by atoms with van der Waals surface area (Å²) in [4.78, 5) is 10.4. The van der Waals surface area contributed by atoms with E-state index < -0.39 is 4.92 Å². The molecule has 0 aliphatic carbocycles. The number of rotatable bonds is 3. The van der Waals surface area contributed by atoms with Crippen molar-refractivity contribution in [2.75, 3.05) is 18.4 Å². The van der Waals surface area contributed by atoms with Crippen LogP contribution in [-0.2, 0) is 0 Å². The molecule has 1 atom stereocenters. The molecule has 2 rings (SSSR count). The molecule has 2 N–H and O–H groups in total. The summed E-state index contributed by atoms with van der Waals surface area (Å²) in [5.74, 6) is 0. The second-order valence-corrected chi connectivity index (χ2v) is 4.64. The van der Waals surface area contributed by atoms with Gasteiger partial charge < -0.3 is 10.6 Å². The van der Waals surface area contributed by atoms with Gasteiger partial charge in [-0.15, -0.1) is 0 Å². The Kier molecular flexibility index (Phi) is 4.31. The highest BCUT2D eigenvalue weighted by molar-refractivity contribution is 5.59. The molecular formula is C13H16N4O2. The zero-order valence-corrected chi connectivity index (χ0v) is 10.6. The molecule has 0 bridgehead atoms. The van der Waals surface area contributed by atoms with E-state index in [-0.39, 0.29) is 17.3 Å². The fourth-order valence-electron chi connectivity index (χ4n) is 2.25. The Bertz CT molecular complexity index is 502. The summed E-state index contributed by atoms with van der Waals surface area (Å²) in [6, 6.07) is 6.75. The molecule has 1 aromatic rings. The quantitative estimate of drug-likeness (QED) is 0.641. The molecule has 1 fully saturated rings. The summed E-state index contributed by atoms with van der Waals surface area (Å²) >= 11 is 0. The molecule has 6 heteroatoms. The molecule has 1 aliphatic heterocycles. The Morgan fingerprint density at radius 1 is 1.47 bits per heavy atom. The summed E-state index contributed by atoms with van der Waals surface area (Å²) in [7, 11) is 0. The minimum Gasteiger partial charge on any atom is -0.381 e. The molecule has 19 heavy (non-hydrogen) atoms. The van der Waals surface area contributed by atoms with E-state index in [0.717, 1.165) is 32.4 Å². The topological polar surface area (TPSA) is 91.0 Å². The summed E-state index contributed by atoms with van der Waals surface area (Å²) in [5, 5.41) is 26.3. The molecule has 6 nitrogen and oxygen atoms in total. The average molecular weight is 260 g/mol. The van der Waals surface area contributed by atoms with Gasteiger partial charge in [-0.05, 0) is 31.5 Å². The van der Waals surface area contributed by atoms with Crippen molar-refractivity contribution < 1.29 is 4.92 Å². The number of nitrogens with zero attached hydrogens (tertiary/aromatic N) is 2. The Morgan fingerprint density at radius 2 is 2.32 bits per heavy atom. The highest BCUT2D eigenvalue weighted by atomic mass is 16.6. The third kappa shape index (κ3) is 3.42. The van der Waals surface area contributed by atoms with Crippen molar-refractivity contribution in [3.05, 3.63) is 33.9 Å². The van der Waals surface area contributed by atoms with E-state index in [1.54, 1.807) is 6.07 Å². The lowest BCUT2D eigenvalue weighted by atomic mass is 10.1. The van der Waals surface area contributed by atoms with Crippen molar-refractivity contribution in [1.82, 2.24) is 5.32 Å². The summed E-state index contributed by atoms with van der Waals surface area (Å²) in [6.45, 7) is 1.87. The number of hydrogen-bond acceptors (Lipinski definition) is 5. The van der Waals surface area contributed by atoms with Gasteiger partial charge in [-0.3, -0.25) is 10.1 Å². The second-order valence-electron chi connectivity index (χ2n) is 4.64. The Hall–Kier alpha value is -2.13. The summed E-state index contributed by atoms with van der Waals surface area (Å²) in [5.41, 5.74) is 0.642. The first kappa shape index (κ1) is 13.3. The van der Waals surface area contributed by atoms with E-state index in [2.05, 4.69) is 10.6 Å². The number of anilines is 1. The normalized spacial score (nSPS) is 19.2. The summed E-state index contributed by atoms with van der Waals surface area (Å²) < 4.78 is 0. The minimum atomic E-state index is -0.519. The van der Waals surface area contributed by atoms with Crippen molar-refractivity contribution in [3.63, 3.8) is 0 Å². The van der Waals surface area contributed by atoms with Crippen LogP contribution in [0.5, 0.6) is 0 Å². The first-order chi connectivity index (χ1) is 9.20. The van der Waals surface area contributed by atoms with Gasteiger partial charge in [0.05, 0.1) is 4.92 Å². The third-order valence-electron chi connectivity index (χ3n) is 3.23. The SMILES string of the molecule is N#Cc1ccc(NC2CCCCNC2)cc1[N+](=O)[O-]. The molecule has 0 radical (unpaired) electrons. The van der Waals surface area contributed by atoms with Crippen molar-refractivity contribution in [3.8, 4) is 6.07 Å². The molecule has 1 heterocycles. The lowest BCUT2D eigenvalue weighted by Gasteiger charge is -2.17. The standard InChI is InChI=1S/C13H16N4O2/c14-8-10-4-5-11(7-13(10)17(18)19)16-12-3-1-2-6-15-9-12/h4-5,7,12,15-16H,1-3,6,9H2. The van der Waals surface area contributed by atoms with Crippen LogP contribution in [0, 0.1) is 21.4 Å². The minimum absolute atomic E-state index is 0.0922. The van der Waals surface area contributed by atoms with Crippen molar-refractivity contribution >= 4 is 11.4 Å². The first-order valence-corrected chi connectivity index (χ1v) is 6.36. The number of nitro groups is 1. The van der Waals surface area contributed by atoms with Crippen LogP contribution in [0.15, 0.2) is 18.2 Å². The van der Waals surface area contributed by atoms with Crippen LogP contribution >= 0.6 is 0 Å². The van der Waals surface area contributed by atoms with E-state index in [4.69, 9.17) is 5.26 Å². The van der Waals surface area contributed by atoms with Gasteiger partial charge in [0.15, 0.2) is 0 Å². The van der Waals surface area contributed by atoms with Crippen LogP contribution < -0.4 is 10.6 Å². The number of nitriles is 1. The van der Waals surface area contributed by atoms with Crippen LogP contribution in [0.2, 0.25) is 0 Å². The zero-order valence-electron chi connectivity index (χ0n) is 10.6. The maximum atomic E-state index is 10.9. The monoisotopic (exact) mass is 260 g/mol. The van der Waals surface area contributed by atoms with E-state index in [0.29, 0.717) is 5.69 Å².